The summed E-state index contributed by atoms with van der Waals surface area (Å²) in [7, 11) is 0. The van der Waals surface area contributed by atoms with Crippen molar-refractivity contribution in [3.8, 4) is 0 Å². The molecule has 5 rings (SSSR count). The van der Waals surface area contributed by atoms with Crippen molar-refractivity contribution < 1.29 is 28.8 Å². The number of hydrogen-bond acceptors (Lipinski definition) is 9. The lowest BCUT2D eigenvalue weighted by atomic mass is 9.87. The minimum Gasteiger partial charge on any atom is -0.393 e. The Labute approximate surface area is 277 Å². The van der Waals surface area contributed by atoms with Crippen LogP contribution in [0.4, 0.5) is 0 Å². The van der Waals surface area contributed by atoms with Gasteiger partial charge >= 0.3 is 0 Å². The van der Waals surface area contributed by atoms with Crippen molar-refractivity contribution in [2.75, 3.05) is 6.54 Å². The van der Waals surface area contributed by atoms with E-state index in [2.05, 4.69) is 30.1 Å². The van der Waals surface area contributed by atoms with E-state index in [-0.39, 0.29) is 39.2 Å². The van der Waals surface area contributed by atoms with Crippen LogP contribution in [-0.2, 0) is 43.5 Å². The first-order valence-corrected chi connectivity index (χ1v) is 15.6. The number of azide groups is 3. The van der Waals surface area contributed by atoms with E-state index >= 15 is 0 Å². The second-order valence-corrected chi connectivity index (χ2v) is 11.5. The van der Waals surface area contributed by atoms with Crippen LogP contribution in [0.5, 0.6) is 0 Å². The van der Waals surface area contributed by atoms with Crippen molar-refractivity contribution in [1.82, 2.24) is 0 Å². The summed E-state index contributed by atoms with van der Waals surface area (Å²) in [6.45, 7) is 0.509. The fourth-order valence-corrected chi connectivity index (χ4v) is 5.92. The molecule has 0 radical (unpaired) electrons. The first-order chi connectivity index (χ1) is 23.6. The average molecular weight is 656 g/mol. The summed E-state index contributed by atoms with van der Waals surface area (Å²) in [5.74, 6) is 0. The first kappa shape index (κ1) is 34.7. The Bertz CT molecular complexity index is 1570. The van der Waals surface area contributed by atoms with Crippen LogP contribution in [0, 0.1) is 0 Å². The van der Waals surface area contributed by atoms with E-state index in [1.54, 1.807) is 0 Å². The largest absolute Gasteiger partial charge is 0.393 e. The van der Waals surface area contributed by atoms with Crippen LogP contribution < -0.4 is 0 Å². The molecule has 0 bridgehead atoms. The van der Waals surface area contributed by atoms with Crippen LogP contribution in [0.3, 0.4) is 0 Å². The maximum Gasteiger partial charge on any atom is 0.187 e. The molecule has 0 aromatic heterocycles. The van der Waals surface area contributed by atoms with Crippen molar-refractivity contribution in [2.24, 2.45) is 15.3 Å². The van der Waals surface area contributed by atoms with E-state index in [4.69, 9.17) is 29.2 Å². The monoisotopic (exact) mass is 655 g/mol. The molecule has 0 amide bonds. The number of nitrogens with zero attached hydrogens (tertiary/aromatic N) is 9. The van der Waals surface area contributed by atoms with E-state index < -0.39 is 55.0 Å². The predicted molar refractivity (Wildman–Crippen MR) is 174 cm³/mol. The second kappa shape index (κ2) is 18.0. The van der Waals surface area contributed by atoms with E-state index in [1.165, 1.54) is 0 Å². The van der Waals surface area contributed by atoms with Gasteiger partial charge in [0, 0.05) is 21.2 Å². The fourth-order valence-electron chi connectivity index (χ4n) is 5.92. The number of rotatable bonds is 15. The van der Waals surface area contributed by atoms with Gasteiger partial charge in [0.25, 0.3) is 0 Å². The highest BCUT2D eigenvalue weighted by Gasteiger charge is 2.50. The van der Waals surface area contributed by atoms with Crippen LogP contribution in [0.1, 0.15) is 29.5 Å². The molecular formula is C33H37N9O6. The van der Waals surface area contributed by atoms with Crippen LogP contribution in [-0.4, -0.2) is 66.6 Å². The highest BCUT2D eigenvalue weighted by atomic mass is 16.7. The summed E-state index contributed by atoms with van der Waals surface area (Å²) < 4.78 is 32.7. The van der Waals surface area contributed by atoms with Gasteiger partial charge in [-0.15, -0.1) is 0 Å². The zero-order chi connectivity index (χ0) is 33.6. The van der Waals surface area contributed by atoms with Crippen molar-refractivity contribution in [3.05, 3.63) is 139 Å². The Morgan fingerprint density at radius 1 is 0.646 bits per heavy atom. The molecule has 1 saturated heterocycles. The minimum absolute atomic E-state index is 0.00310. The highest BCUT2D eigenvalue weighted by Crippen LogP contribution is 2.35. The Morgan fingerprint density at radius 3 is 1.67 bits per heavy atom. The molecule has 0 spiro atoms. The average Bonchev–Trinajstić information content (AvgIpc) is 3.12. The number of aliphatic hydroxyl groups excluding tert-OH is 1. The first-order valence-electron chi connectivity index (χ1n) is 15.6. The fraction of sp³-hybridized carbons (Fsp3) is 0.455. The molecule has 2 aliphatic rings. The van der Waals surface area contributed by atoms with Crippen molar-refractivity contribution in [2.45, 2.75) is 87.7 Å². The van der Waals surface area contributed by atoms with Crippen LogP contribution >= 0.6 is 0 Å². The van der Waals surface area contributed by atoms with Gasteiger partial charge in [0.05, 0.1) is 56.8 Å². The molecule has 2 fully saturated rings. The molecule has 15 nitrogen and oxygen atoms in total. The summed E-state index contributed by atoms with van der Waals surface area (Å²) in [4.78, 5) is 8.76. The zero-order valence-corrected chi connectivity index (χ0v) is 26.1. The Kier molecular flexibility index (Phi) is 13.0. The molecule has 0 unspecified atom stereocenters. The van der Waals surface area contributed by atoms with Crippen molar-refractivity contribution in [3.63, 3.8) is 0 Å². The number of aliphatic hydroxyl groups is 1. The lowest BCUT2D eigenvalue weighted by molar-refractivity contribution is -0.333. The number of ether oxygens (including phenoxy) is 5. The summed E-state index contributed by atoms with van der Waals surface area (Å²) >= 11 is 0. The quantitative estimate of drug-likeness (QED) is 0.107. The van der Waals surface area contributed by atoms with Crippen molar-refractivity contribution in [1.29, 1.82) is 0 Å². The molecule has 1 aliphatic carbocycles. The molecule has 250 valence electrons. The topological polar surface area (TPSA) is 213 Å². The molecule has 9 atom stereocenters. The van der Waals surface area contributed by atoms with Gasteiger partial charge in [-0.1, -0.05) is 106 Å². The summed E-state index contributed by atoms with van der Waals surface area (Å²) in [6.07, 6.45) is -6.21. The lowest BCUT2D eigenvalue weighted by Gasteiger charge is -2.47. The van der Waals surface area contributed by atoms with E-state index in [0.29, 0.717) is 0 Å². The van der Waals surface area contributed by atoms with E-state index in [9.17, 15) is 16.2 Å². The molecule has 1 heterocycles. The van der Waals surface area contributed by atoms with E-state index in [0.717, 1.165) is 16.7 Å². The Hall–Kier alpha value is -4.65. The van der Waals surface area contributed by atoms with Gasteiger partial charge in [-0.3, -0.25) is 0 Å². The summed E-state index contributed by atoms with van der Waals surface area (Å²) in [5.41, 5.74) is 30.3. The molecular weight excluding hydrogens is 618 g/mol. The third-order valence-electron chi connectivity index (χ3n) is 8.31. The van der Waals surface area contributed by atoms with Gasteiger partial charge in [-0.05, 0) is 39.7 Å². The number of benzene rings is 3. The highest BCUT2D eigenvalue weighted by molar-refractivity contribution is 5.16. The van der Waals surface area contributed by atoms with Gasteiger partial charge in [-0.2, -0.15) is 0 Å². The van der Waals surface area contributed by atoms with Gasteiger partial charge in [0.2, 0.25) is 0 Å². The SMILES string of the molecule is [N-]=[N+]=NC[C@H]1O[C@H](O[C@H]2C[C@H](O)[C@@H](N=[N+]=[N-])C[C@@H]2N=[N+]=[N-])[C@H](OCc2ccccc2)[C@@H](OCc2ccccc2)[C@@H]1OCc1ccccc1. The maximum absolute atomic E-state index is 10.8. The van der Waals surface area contributed by atoms with Crippen LogP contribution in [0.25, 0.3) is 31.3 Å². The minimum atomic E-state index is -1.13. The third-order valence-corrected chi connectivity index (χ3v) is 8.31. The predicted octanol–water partition coefficient (Wildman–Crippen LogP) is 6.68. The maximum atomic E-state index is 10.8. The zero-order valence-electron chi connectivity index (χ0n) is 26.1. The lowest BCUT2D eigenvalue weighted by Crippen LogP contribution is -2.62. The Balaban J connectivity index is 1.50. The van der Waals surface area contributed by atoms with Crippen LogP contribution in [0.15, 0.2) is 106 Å². The summed E-state index contributed by atoms with van der Waals surface area (Å²) in [5, 5.41) is 22.2. The van der Waals surface area contributed by atoms with E-state index in [1.807, 2.05) is 91.0 Å². The molecule has 1 N–H and O–H groups in total. The molecule has 1 saturated carbocycles. The Morgan fingerprint density at radius 2 is 1.15 bits per heavy atom. The van der Waals surface area contributed by atoms with Gasteiger partial charge in [0.15, 0.2) is 6.29 Å². The molecule has 3 aromatic carbocycles. The summed E-state index contributed by atoms with van der Waals surface area (Å²) in [6, 6.07) is 27.3. The molecule has 15 heteroatoms. The third kappa shape index (κ3) is 9.46. The van der Waals surface area contributed by atoms with Gasteiger partial charge in [-0.25, -0.2) is 0 Å². The molecule has 1 aliphatic heterocycles. The van der Waals surface area contributed by atoms with Crippen molar-refractivity contribution >= 4 is 0 Å². The second-order valence-electron chi connectivity index (χ2n) is 11.5. The van der Waals surface area contributed by atoms with Gasteiger partial charge < -0.3 is 28.8 Å². The van der Waals surface area contributed by atoms with Crippen LogP contribution in [0.2, 0.25) is 0 Å². The standard InChI is InChI=1S/C33H37N9O6/c34-40-37-18-29-30(44-19-22-10-4-1-5-11-22)31(45-20-23-12-6-2-7-13-23)32(46-21-24-14-8-3-9-15-24)33(48-29)47-28-17-27(43)25(38-41-35)16-26(28)39-42-36/h1-15,25-33,43H,16-21H2/t25-,26-,27-,28-,29+,30+,31-,32+,33-/m0/s1. The molecule has 48 heavy (non-hydrogen) atoms. The number of hydrogen-bond donors (Lipinski definition) is 1. The van der Waals surface area contributed by atoms with Gasteiger partial charge in [0.1, 0.15) is 18.3 Å². The smallest absolute Gasteiger partial charge is 0.187 e. The molecule has 3 aromatic rings. The normalized spacial score (nSPS) is 28.3.